The molecular weight excluding hydrogens is 252 g/mol. The van der Waals surface area contributed by atoms with Crippen LogP contribution in [0.1, 0.15) is 56.4 Å². The zero-order valence-corrected chi connectivity index (χ0v) is 11.6. The Morgan fingerprint density at radius 1 is 1.33 bits per heavy atom. The van der Waals surface area contributed by atoms with Gasteiger partial charge in [-0.3, -0.25) is 0 Å². The summed E-state index contributed by atoms with van der Waals surface area (Å²) >= 11 is 5.59. The van der Waals surface area contributed by atoms with Gasteiger partial charge in [-0.15, -0.1) is 0 Å². The molecule has 1 aromatic heterocycles. The van der Waals surface area contributed by atoms with Crippen LogP contribution >= 0.6 is 11.6 Å². The van der Waals surface area contributed by atoms with Crippen molar-refractivity contribution < 1.29 is 9.53 Å². The highest BCUT2D eigenvalue weighted by molar-refractivity contribution is 6.29. The minimum atomic E-state index is -0.442. The van der Waals surface area contributed by atoms with Crippen molar-refractivity contribution in [2.45, 2.75) is 52.1 Å². The van der Waals surface area contributed by atoms with Gasteiger partial charge in [-0.25, -0.2) is 14.8 Å². The van der Waals surface area contributed by atoms with Crippen LogP contribution in [0.5, 0.6) is 0 Å². The number of halogens is 1. The maximum absolute atomic E-state index is 11.7. The van der Waals surface area contributed by atoms with Crippen molar-refractivity contribution in [1.82, 2.24) is 9.97 Å². The fourth-order valence-corrected chi connectivity index (χ4v) is 1.68. The molecule has 1 aromatic rings. The van der Waals surface area contributed by atoms with Gasteiger partial charge in [0.05, 0.1) is 18.5 Å². The largest absolute Gasteiger partial charge is 0.458 e. The first-order valence-electron chi connectivity index (χ1n) is 6.32. The standard InChI is InChI=1S/C13H19ClN2O2/c1-3-4-5-6-7-10(2)18-13(17)11-8-16-12(14)9-15-11/h8-10H,3-7H2,1-2H3/t10-/m1/s1. The van der Waals surface area contributed by atoms with E-state index in [1.807, 2.05) is 6.92 Å². The molecule has 1 atom stereocenters. The Hall–Kier alpha value is -1.16. The van der Waals surface area contributed by atoms with Gasteiger partial charge >= 0.3 is 5.97 Å². The van der Waals surface area contributed by atoms with Gasteiger partial charge in [0.1, 0.15) is 5.15 Å². The van der Waals surface area contributed by atoms with Gasteiger partial charge in [0.25, 0.3) is 0 Å². The zero-order valence-electron chi connectivity index (χ0n) is 10.9. The molecule has 0 aliphatic heterocycles. The molecule has 0 unspecified atom stereocenters. The normalized spacial score (nSPS) is 12.2. The summed E-state index contributed by atoms with van der Waals surface area (Å²) in [4.78, 5) is 19.4. The quantitative estimate of drug-likeness (QED) is 0.561. The van der Waals surface area contributed by atoms with Crippen molar-refractivity contribution in [3.63, 3.8) is 0 Å². The number of esters is 1. The molecule has 0 N–H and O–H groups in total. The van der Waals surface area contributed by atoms with Crippen molar-refractivity contribution in [2.24, 2.45) is 0 Å². The summed E-state index contributed by atoms with van der Waals surface area (Å²) < 4.78 is 5.27. The monoisotopic (exact) mass is 270 g/mol. The predicted octanol–water partition coefficient (Wildman–Crippen LogP) is 3.65. The maximum atomic E-state index is 11.7. The zero-order chi connectivity index (χ0) is 13.4. The molecule has 0 bridgehead atoms. The number of ether oxygens (including phenoxy) is 1. The van der Waals surface area contributed by atoms with Gasteiger partial charge < -0.3 is 4.74 Å². The van der Waals surface area contributed by atoms with Gasteiger partial charge in [-0.05, 0) is 19.8 Å². The van der Waals surface area contributed by atoms with E-state index in [1.165, 1.54) is 31.7 Å². The van der Waals surface area contributed by atoms with Crippen molar-refractivity contribution in [1.29, 1.82) is 0 Å². The molecule has 4 nitrogen and oxygen atoms in total. The van der Waals surface area contributed by atoms with Crippen LogP contribution in [-0.2, 0) is 4.74 Å². The van der Waals surface area contributed by atoms with Gasteiger partial charge in [-0.1, -0.05) is 37.8 Å². The SMILES string of the molecule is CCCCCC[C@@H](C)OC(=O)c1cnc(Cl)cn1. The lowest BCUT2D eigenvalue weighted by molar-refractivity contribution is 0.0312. The van der Waals surface area contributed by atoms with Crippen molar-refractivity contribution >= 4 is 17.6 Å². The first kappa shape index (κ1) is 14.9. The minimum absolute atomic E-state index is 0.0909. The number of aromatic nitrogens is 2. The van der Waals surface area contributed by atoms with Crippen LogP contribution in [0, 0.1) is 0 Å². The number of unbranched alkanes of at least 4 members (excludes halogenated alkanes) is 3. The van der Waals surface area contributed by atoms with Gasteiger partial charge in [0.2, 0.25) is 0 Å². The second kappa shape index (κ2) is 8.03. The molecule has 0 fully saturated rings. The molecule has 0 saturated heterocycles. The topological polar surface area (TPSA) is 52.1 Å². The average molecular weight is 271 g/mol. The maximum Gasteiger partial charge on any atom is 0.358 e. The van der Waals surface area contributed by atoms with Gasteiger partial charge in [0.15, 0.2) is 5.69 Å². The molecule has 0 aliphatic rings. The Morgan fingerprint density at radius 2 is 2.11 bits per heavy atom. The highest BCUT2D eigenvalue weighted by Gasteiger charge is 2.13. The summed E-state index contributed by atoms with van der Waals surface area (Å²) in [6.07, 6.45) is 8.14. The Labute approximate surface area is 113 Å². The molecule has 1 rings (SSSR count). The van der Waals surface area contributed by atoms with E-state index in [0.29, 0.717) is 0 Å². The molecular formula is C13H19ClN2O2. The Morgan fingerprint density at radius 3 is 2.72 bits per heavy atom. The average Bonchev–Trinajstić information content (AvgIpc) is 2.35. The molecule has 0 spiro atoms. The fraction of sp³-hybridized carbons (Fsp3) is 0.615. The summed E-state index contributed by atoms with van der Waals surface area (Å²) in [6.45, 7) is 4.07. The number of hydrogen-bond donors (Lipinski definition) is 0. The third-order valence-electron chi connectivity index (χ3n) is 2.60. The number of carbonyl (C=O) groups excluding carboxylic acids is 1. The Kier molecular flexibility index (Phi) is 6.65. The van der Waals surface area contributed by atoms with E-state index < -0.39 is 5.97 Å². The van der Waals surface area contributed by atoms with Crippen LogP contribution in [0.15, 0.2) is 12.4 Å². The summed E-state index contributed by atoms with van der Waals surface area (Å²) in [5, 5.41) is 0.263. The third-order valence-corrected chi connectivity index (χ3v) is 2.80. The van der Waals surface area contributed by atoms with Crippen LogP contribution in [0.3, 0.4) is 0 Å². The smallest absolute Gasteiger partial charge is 0.358 e. The number of nitrogens with zero attached hydrogens (tertiary/aromatic N) is 2. The lowest BCUT2D eigenvalue weighted by Crippen LogP contribution is -2.16. The number of carbonyl (C=O) groups is 1. The molecule has 5 heteroatoms. The molecule has 0 amide bonds. The molecule has 0 aliphatic carbocycles. The van der Waals surface area contributed by atoms with Crippen LogP contribution in [0.25, 0.3) is 0 Å². The molecule has 0 saturated carbocycles. The number of hydrogen-bond acceptors (Lipinski definition) is 4. The van der Waals surface area contributed by atoms with E-state index in [2.05, 4.69) is 16.9 Å². The van der Waals surface area contributed by atoms with Gasteiger partial charge in [0, 0.05) is 0 Å². The minimum Gasteiger partial charge on any atom is -0.458 e. The molecule has 18 heavy (non-hydrogen) atoms. The fourth-order valence-electron chi connectivity index (χ4n) is 1.58. The van der Waals surface area contributed by atoms with Crippen LogP contribution in [0.2, 0.25) is 5.15 Å². The Bertz CT molecular complexity index is 368. The Balaban J connectivity index is 2.33. The third kappa shape index (κ3) is 5.45. The highest BCUT2D eigenvalue weighted by Crippen LogP contribution is 2.10. The molecule has 0 radical (unpaired) electrons. The van der Waals surface area contributed by atoms with E-state index in [-0.39, 0.29) is 17.0 Å². The van der Waals surface area contributed by atoms with Crippen molar-refractivity contribution in [2.75, 3.05) is 0 Å². The first-order chi connectivity index (χ1) is 8.63. The molecule has 1 heterocycles. The second-order valence-electron chi connectivity index (χ2n) is 4.29. The summed E-state index contributed by atoms with van der Waals surface area (Å²) in [5.41, 5.74) is 0.194. The van der Waals surface area contributed by atoms with E-state index in [4.69, 9.17) is 16.3 Å². The van der Waals surface area contributed by atoms with Gasteiger partial charge in [-0.2, -0.15) is 0 Å². The predicted molar refractivity (Wildman–Crippen MR) is 70.7 cm³/mol. The van der Waals surface area contributed by atoms with Crippen molar-refractivity contribution in [3.8, 4) is 0 Å². The van der Waals surface area contributed by atoms with E-state index >= 15 is 0 Å². The van der Waals surface area contributed by atoms with Crippen LogP contribution in [0.4, 0.5) is 0 Å². The number of rotatable bonds is 7. The summed E-state index contributed by atoms with van der Waals surface area (Å²) in [6, 6.07) is 0. The second-order valence-corrected chi connectivity index (χ2v) is 4.68. The van der Waals surface area contributed by atoms with Crippen LogP contribution < -0.4 is 0 Å². The lowest BCUT2D eigenvalue weighted by atomic mass is 10.1. The van der Waals surface area contributed by atoms with E-state index in [9.17, 15) is 4.79 Å². The van der Waals surface area contributed by atoms with Crippen LogP contribution in [-0.4, -0.2) is 22.0 Å². The van der Waals surface area contributed by atoms with E-state index in [0.717, 1.165) is 12.8 Å². The lowest BCUT2D eigenvalue weighted by Gasteiger charge is -2.12. The first-order valence-corrected chi connectivity index (χ1v) is 6.69. The summed E-state index contributed by atoms with van der Waals surface area (Å²) in [7, 11) is 0. The molecule has 0 aromatic carbocycles. The van der Waals surface area contributed by atoms with Crippen molar-refractivity contribution in [3.05, 3.63) is 23.2 Å². The molecule has 100 valence electrons. The summed E-state index contributed by atoms with van der Waals surface area (Å²) in [5.74, 6) is -0.442. The highest BCUT2D eigenvalue weighted by atomic mass is 35.5. The van der Waals surface area contributed by atoms with E-state index in [1.54, 1.807) is 0 Å².